The molecule has 5 rings (SSSR count). The predicted molar refractivity (Wildman–Crippen MR) is 115 cm³/mol. The Bertz CT molecular complexity index is 1370. The number of nitrogens with zero attached hydrogens (tertiary/aromatic N) is 4. The van der Waals surface area contributed by atoms with Gasteiger partial charge in [0.15, 0.2) is 0 Å². The number of hydrogen-bond acceptors (Lipinski definition) is 3. The summed E-state index contributed by atoms with van der Waals surface area (Å²) in [5, 5.41) is 3.29. The van der Waals surface area contributed by atoms with Crippen molar-refractivity contribution in [2.24, 2.45) is 0 Å². The Hall–Kier alpha value is -3.15. The number of carbonyl (C=O) groups is 1. The Labute approximate surface area is 176 Å². The van der Waals surface area contributed by atoms with E-state index in [9.17, 15) is 4.79 Å². The summed E-state index contributed by atoms with van der Waals surface area (Å²) in [6, 6.07) is 15.3. The highest BCUT2D eigenvalue weighted by Gasteiger charge is 2.16. The number of hydrogen-bond donors (Lipinski definition) is 0. The van der Waals surface area contributed by atoms with E-state index in [1.165, 1.54) is 10.9 Å². The van der Waals surface area contributed by atoms with Crippen LogP contribution in [0.15, 0.2) is 73.4 Å². The van der Waals surface area contributed by atoms with E-state index in [0.717, 1.165) is 27.4 Å². The van der Waals surface area contributed by atoms with Gasteiger partial charge < -0.3 is 4.57 Å². The normalized spacial score (nSPS) is 11.4. The standard InChI is InChI=1S/C22H14Cl2N4O/c23-15-5-6-18(24)14(9-15)12-28-20-4-2-1-3-16(20)17-10-19(26-11-21(17)28)22(29)27-8-7-25-13-27/h1-11,13H,12H2. The van der Waals surface area contributed by atoms with Crippen LogP contribution < -0.4 is 0 Å². The van der Waals surface area contributed by atoms with Crippen molar-refractivity contribution in [1.82, 2.24) is 19.1 Å². The molecule has 0 N–H and O–H groups in total. The number of imidazole rings is 1. The van der Waals surface area contributed by atoms with Crippen LogP contribution in [-0.4, -0.2) is 25.0 Å². The third-order valence-corrected chi connectivity index (χ3v) is 5.56. The number of benzene rings is 2. The SMILES string of the molecule is O=C(c1cc2c3ccccc3n(Cc3cc(Cl)ccc3Cl)c2cn1)n1ccnc1. The summed E-state index contributed by atoms with van der Waals surface area (Å²) in [6.45, 7) is 0.542. The smallest absolute Gasteiger partial charge is 0.281 e. The average Bonchev–Trinajstić information content (AvgIpc) is 3.37. The molecule has 0 bridgehead atoms. The predicted octanol–water partition coefficient (Wildman–Crippen LogP) is 5.43. The lowest BCUT2D eigenvalue weighted by Gasteiger charge is -2.10. The second-order valence-corrected chi connectivity index (χ2v) is 7.54. The Balaban J connectivity index is 1.69. The summed E-state index contributed by atoms with van der Waals surface area (Å²) < 4.78 is 3.56. The van der Waals surface area contributed by atoms with E-state index in [2.05, 4.69) is 14.5 Å². The summed E-state index contributed by atoms with van der Waals surface area (Å²) in [7, 11) is 0. The maximum Gasteiger partial charge on any atom is 0.281 e. The Morgan fingerprint density at radius 2 is 1.86 bits per heavy atom. The maximum atomic E-state index is 12.7. The fourth-order valence-electron chi connectivity index (χ4n) is 3.58. The number of rotatable bonds is 3. The zero-order chi connectivity index (χ0) is 20.0. The Kier molecular flexibility index (Phi) is 4.34. The van der Waals surface area contributed by atoms with Crippen molar-refractivity contribution in [3.05, 3.63) is 94.8 Å². The molecule has 5 nitrogen and oxygen atoms in total. The third-order valence-electron chi connectivity index (χ3n) is 4.95. The van der Waals surface area contributed by atoms with Gasteiger partial charge in [-0.3, -0.25) is 9.36 Å². The molecule has 0 atom stereocenters. The van der Waals surface area contributed by atoms with Crippen molar-refractivity contribution in [2.45, 2.75) is 6.54 Å². The van der Waals surface area contributed by atoms with Gasteiger partial charge in [0.05, 0.1) is 11.7 Å². The molecule has 0 unspecified atom stereocenters. The lowest BCUT2D eigenvalue weighted by Crippen LogP contribution is -2.11. The van der Waals surface area contributed by atoms with Crippen LogP contribution in [0.25, 0.3) is 21.8 Å². The molecule has 3 heterocycles. The van der Waals surface area contributed by atoms with Crippen molar-refractivity contribution < 1.29 is 4.79 Å². The topological polar surface area (TPSA) is 52.7 Å². The minimum atomic E-state index is -0.223. The Morgan fingerprint density at radius 1 is 1.00 bits per heavy atom. The highest BCUT2D eigenvalue weighted by molar-refractivity contribution is 6.33. The van der Waals surface area contributed by atoms with E-state index in [1.54, 1.807) is 30.7 Å². The van der Waals surface area contributed by atoms with E-state index >= 15 is 0 Å². The van der Waals surface area contributed by atoms with E-state index in [1.807, 2.05) is 36.4 Å². The van der Waals surface area contributed by atoms with Crippen molar-refractivity contribution in [3.63, 3.8) is 0 Å². The number of fused-ring (bicyclic) bond motifs is 3. The van der Waals surface area contributed by atoms with Crippen molar-refractivity contribution in [2.75, 3.05) is 0 Å². The first kappa shape index (κ1) is 17.9. The molecule has 7 heteroatoms. The van der Waals surface area contributed by atoms with E-state index in [0.29, 0.717) is 22.3 Å². The monoisotopic (exact) mass is 420 g/mol. The number of pyridine rings is 1. The number of halogens is 2. The average molecular weight is 421 g/mol. The molecule has 0 saturated heterocycles. The van der Waals surface area contributed by atoms with Gasteiger partial charge in [-0.15, -0.1) is 0 Å². The van der Waals surface area contributed by atoms with Crippen LogP contribution in [-0.2, 0) is 6.54 Å². The van der Waals surface area contributed by atoms with Crippen LogP contribution in [0.4, 0.5) is 0 Å². The molecule has 29 heavy (non-hydrogen) atoms. The van der Waals surface area contributed by atoms with Crippen LogP contribution in [0.1, 0.15) is 16.1 Å². The lowest BCUT2D eigenvalue weighted by atomic mass is 10.1. The van der Waals surface area contributed by atoms with Crippen LogP contribution in [0.5, 0.6) is 0 Å². The van der Waals surface area contributed by atoms with Gasteiger partial charge in [-0.2, -0.15) is 0 Å². The lowest BCUT2D eigenvalue weighted by molar-refractivity contribution is 0.0955. The van der Waals surface area contributed by atoms with Crippen molar-refractivity contribution in [1.29, 1.82) is 0 Å². The molecule has 0 radical (unpaired) electrons. The third kappa shape index (κ3) is 3.09. The second-order valence-electron chi connectivity index (χ2n) is 6.70. The summed E-state index contributed by atoms with van der Waals surface area (Å²) in [5.74, 6) is -0.223. The Morgan fingerprint density at radius 3 is 2.69 bits per heavy atom. The minimum Gasteiger partial charge on any atom is -0.335 e. The summed E-state index contributed by atoms with van der Waals surface area (Å²) in [4.78, 5) is 21.0. The zero-order valence-corrected chi connectivity index (χ0v) is 16.6. The van der Waals surface area contributed by atoms with Crippen LogP contribution in [0, 0.1) is 0 Å². The van der Waals surface area contributed by atoms with E-state index < -0.39 is 0 Å². The first-order valence-corrected chi connectivity index (χ1v) is 9.71. The number of para-hydroxylation sites is 1. The van der Waals surface area contributed by atoms with E-state index in [4.69, 9.17) is 23.2 Å². The van der Waals surface area contributed by atoms with Gasteiger partial charge in [0.1, 0.15) is 12.0 Å². The molecule has 0 aliphatic carbocycles. The second kappa shape index (κ2) is 7.03. The molecular formula is C22H14Cl2N4O. The van der Waals surface area contributed by atoms with Gasteiger partial charge >= 0.3 is 0 Å². The fourth-order valence-corrected chi connectivity index (χ4v) is 3.95. The van der Waals surface area contributed by atoms with Gasteiger partial charge in [-0.05, 0) is 35.9 Å². The molecular weight excluding hydrogens is 407 g/mol. The van der Waals surface area contributed by atoms with Gasteiger partial charge in [-0.25, -0.2) is 9.97 Å². The molecule has 0 saturated carbocycles. The molecule has 0 amide bonds. The van der Waals surface area contributed by atoms with E-state index in [-0.39, 0.29) is 5.91 Å². The fraction of sp³-hybridized carbons (Fsp3) is 0.0455. The van der Waals surface area contributed by atoms with Gasteiger partial charge in [-0.1, -0.05) is 41.4 Å². The van der Waals surface area contributed by atoms with Gasteiger partial charge in [0, 0.05) is 45.3 Å². The quantitative estimate of drug-likeness (QED) is 0.390. The highest BCUT2D eigenvalue weighted by atomic mass is 35.5. The molecule has 0 fully saturated rings. The highest BCUT2D eigenvalue weighted by Crippen LogP contribution is 2.31. The summed E-state index contributed by atoms with van der Waals surface area (Å²) in [5.41, 5.74) is 3.23. The molecule has 3 aromatic heterocycles. The summed E-state index contributed by atoms with van der Waals surface area (Å²) in [6.07, 6.45) is 6.38. The van der Waals surface area contributed by atoms with Crippen molar-refractivity contribution in [3.8, 4) is 0 Å². The minimum absolute atomic E-state index is 0.223. The summed E-state index contributed by atoms with van der Waals surface area (Å²) >= 11 is 12.6. The van der Waals surface area contributed by atoms with Gasteiger partial charge in [0.2, 0.25) is 0 Å². The molecule has 0 aliphatic heterocycles. The molecule has 0 spiro atoms. The van der Waals surface area contributed by atoms with Crippen LogP contribution in [0.3, 0.4) is 0 Å². The molecule has 5 aromatic rings. The first-order valence-electron chi connectivity index (χ1n) is 8.95. The largest absolute Gasteiger partial charge is 0.335 e. The maximum absolute atomic E-state index is 12.7. The number of aromatic nitrogens is 4. The molecule has 0 aliphatic rings. The first-order chi connectivity index (χ1) is 14.1. The molecule has 2 aromatic carbocycles. The van der Waals surface area contributed by atoms with Gasteiger partial charge in [0.25, 0.3) is 5.91 Å². The molecule has 142 valence electrons. The zero-order valence-electron chi connectivity index (χ0n) is 15.1. The number of carbonyl (C=O) groups excluding carboxylic acids is 1. The van der Waals surface area contributed by atoms with Crippen molar-refractivity contribution >= 4 is 50.9 Å². The van der Waals surface area contributed by atoms with Crippen LogP contribution >= 0.6 is 23.2 Å². The van der Waals surface area contributed by atoms with Crippen LogP contribution in [0.2, 0.25) is 10.0 Å².